The first-order chi connectivity index (χ1) is 29.5. The van der Waals surface area contributed by atoms with Crippen molar-refractivity contribution in [2.45, 2.75) is 52.4 Å². The topological polar surface area (TPSA) is 158 Å². The van der Waals surface area contributed by atoms with Crippen LogP contribution >= 0.6 is 0 Å². The molecule has 9 rings (SSSR count). The smallest absolute Gasteiger partial charge is 0.416 e. The van der Waals surface area contributed by atoms with Crippen LogP contribution in [0.4, 0.5) is 24.5 Å². The fourth-order valence-corrected chi connectivity index (χ4v) is 8.15. The molecule has 3 aromatic heterocycles. The first-order valence-corrected chi connectivity index (χ1v) is 20.0. The second kappa shape index (κ2) is 15.9. The summed E-state index contributed by atoms with van der Waals surface area (Å²) in [7, 11) is 0. The number of hydrogen-bond acceptors (Lipinski definition) is 11. The molecule has 6 aromatic rings. The first-order valence-electron chi connectivity index (χ1n) is 20.0. The monoisotopic (exact) mass is 835 g/mol. The lowest BCUT2D eigenvalue weighted by atomic mass is 9.83. The first kappa shape index (κ1) is 39.5. The van der Waals surface area contributed by atoms with E-state index in [-0.39, 0.29) is 80.2 Å². The van der Waals surface area contributed by atoms with Gasteiger partial charge in [0.15, 0.2) is 28.8 Å². The molecule has 0 saturated carbocycles. The molecule has 314 valence electrons. The second-order valence-corrected chi connectivity index (χ2v) is 14.9. The Bertz CT molecular complexity index is 2750. The van der Waals surface area contributed by atoms with E-state index in [4.69, 9.17) is 19.2 Å². The fourth-order valence-electron chi connectivity index (χ4n) is 8.15. The third kappa shape index (κ3) is 7.35. The number of fused-ring (bicyclic) bond motifs is 3. The number of amides is 2. The molecule has 1 saturated heterocycles. The minimum Gasteiger partial charge on any atom is -0.486 e. The molecule has 1 fully saturated rings. The molecule has 61 heavy (non-hydrogen) atoms. The van der Waals surface area contributed by atoms with Crippen molar-refractivity contribution in [3.63, 3.8) is 0 Å². The highest BCUT2D eigenvalue weighted by Crippen LogP contribution is 2.42. The quantitative estimate of drug-likeness (QED) is 0.191. The summed E-state index contributed by atoms with van der Waals surface area (Å²) < 4.78 is 61.6. The maximum atomic E-state index is 14.6. The zero-order valence-corrected chi connectivity index (χ0v) is 33.3. The van der Waals surface area contributed by atoms with Gasteiger partial charge in [0.05, 0.1) is 22.5 Å². The standard InChI is InChI=1S/C43H40F3N9O6/c1-3-32-36(52-16-18-53(19-17-52)40(57)35-37(25(2)47-24-48-35)61-23-26-8-5-4-6-9-26)41(58)55-42(50-39(51-55)29-10-7-11-33-38(29)60-21-20-59-33)54(32)22-34(56)49-31-15-14-30(43(44,45)46)27-12-13-28(27)31/h4-11,14-15,24H,3,12-13,16-23H2,1-2H3,(H,49,56). The van der Waals surface area contributed by atoms with Gasteiger partial charge in [0.25, 0.3) is 11.5 Å². The van der Waals surface area contributed by atoms with Gasteiger partial charge in [-0.05, 0) is 67.1 Å². The van der Waals surface area contributed by atoms with Gasteiger partial charge in [-0.15, -0.1) is 5.10 Å². The molecule has 0 bridgehead atoms. The van der Waals surface area contributed by atoms with E-state index < -0.39 is 23.2 Å². The molecule has 3 aromatic carbocycles. The summed E-state index contributed by atoms with van der Waals surface area (Å²) in [6, 6.07) is 17.1. The van der Waals surface area contributed by atoms with E-state index in [0.717, 1.165) is 16.1 Å². The predicted molar refractivity (Wildman–Crippen MR) is 216 cm³/mol. The normalized spacial score (nSPS) is 14.7. The summed E-state index contributed by atoms with van der Waals surface area (Å²) in [5.74, 6) is 0.595. The van der Waals surface area contributed by atoms with Crippen molar-refractivity contribution in [3.8, 4) is 28.6 Å². The number of nitrogens with zero attached hydrogens (tertiary/aromatic N) is 8. The van der Waals surface area contributed by atoms with Crippen LogP contribution in [-0.2, 0) is 43.4 Å². The lowest BCUT2D eigenvalue weighted by molar-refractivity contribution is -0.138. The van der Waals surface area contributed by atoms with E-state index in [1.165, 1.54) is 12.4 Å². The van der Waals surface area contributed by atoms with Gasteiger partial charge in [-0.25, -0.2) is 9.97 Å². The van der Waals surface area contributed by atoms with Crippen LogP contribution in [0.5, 0.6) is 17.2 Å². The molecule has 1 aliphatic carbocycles. The van der Waals surface area contributed by atoms with Gasteiger partial charge < -0.3 is 33.9 Å². The van der Waals surface area contributed by atoms with Crippen LogP contribution in [0, 0.1) is 6.92 Å². The zero-order valence-electron chi connectivity index (χ0n) is 33.3. The molecule has 0 radical (unpaired) electrons. The molecule has 18 heteroatoms. The number of ether oxygens (including phenoxy) is 3. The molecular formula is C43H40F3N9O6. The number of halogens is 3. The summed E-state index contributed by atoms with van der Waals surface area (Å²) >= 11 is 0. The van der Waals surface area contributed by atoms with Crippen LogP contribution in [0.3, 0.4) is 0 Å². The maximum absolute atomic E-state index is 14.6. The molecule has 5 heterocycles. The van der Waals surface area contributed by atoms with Gasteiger partial charge in [0, 0.05) is 31.9 Å². The van der Waals surface area contributed by atoms with Crippen LogP contribution in [0.25, 0.3) is 17.2 Å². The number of benzene rings is 3. The second-order valence-electron chi connectivity index (χ2n) is 14.9. The molecule has 3 aliphatic rings. The number of aryl methyl sites for hydroxylation is 1. The van der Waals surface area contributed by atoms with E-state index >= 15 is 0 Å². The number of piperazine rings is 1. The number of carbonyl (C=O) groups is 2. The van der Waals surface area contributed by atoms with Crippen LogP contribution in [0.1, 0.15) is 51.1 Å². The Morgan fingerprint density at radius 2 is 1.69 bits per heavy atom. The third-order valence-electron chi connectivity index (χ3n) is 11.2. The third-order valence-corrected chi connectivity index (χ3v) is 11.2. The van der Waals surface area contributed by atoms with Gasteiger partial charge in [-0.1, -0.05) is 43.3 Å². The van der Waals surface area contributed by atoms with Crippen molar-refractivity contribution in [1.29, 1.82) is 0 Å². The Labute approximate surface area is 346 Å². The molecule has 2 aliphatic heterocycles. The lowest BCUT2D eigenvalue weighted by Gasteiger charge is -2.36. The molecule has 1 N–H and O–H groups in total. The molecule has 0 spiro atoms. The maximum Gasteiger partial charge on any atom is 0.416 e. The van der Waals surface area contributed by atoms with E-state index in [1.807, 2.05) is 42.2 Å². The van der Waals surface area contributed by atoms with Gasteiger partial charge in [0.2, 0.25) is 11.7 Å². The average Bonchev–Trinajstić information content (AvgIpc) is 3.70. The number of aromatic nitrogens is 6. The zero-order chi connectivity index (χ0) is 42.4. The number of alkyl halides is 3. The Kier molecular flexibility index (Phi) is 10.3. The van der Waals surface area contributed by atoms with Gasteiger partial charge in [0.1, 0.15) is 38.4 Å². The SMILES string of the molecule is CCc1c(N2CCN(C(=O)c3ncnc(C)c3OCc3ccccc3)CC2)c(=O)n2nc(-c3cccc4c3OCCO4)nc2n1CC(=O)Nc1ccc(C(F)(F)F)c2c1CC2. The summed E-state index contributed by atoms with van der Waals surface area (Å²) in [5.41, 5.74) is 2.58. The van der Waals surface area contributed by atoms with E-state index in [2.05, 4.69) is 20.4 Å². The number of nitrogens with one attached hydrogen (secondary N) is 1. The van der Waals surface area contributed by atoms with Crippen molar-refractivity contribution >= 4 is 29.0 Å². The van der Waals surface area contributed by atoms with E-state index in [0.29, 0.717) is 71.5 Å². The highest BCUT2D eigenvalue weighted by atomic mass is 19.4. The van der Waals surface area contributed by atoms with Gasteiger partial charge in [-0.3, -0.25) is 14.4 Å². The summed E-state index contributed by atoms with van der Waals surface area (Å²) in [5, 5.41) is 7.48. The molecule has 0 unspecified atom stereocenters. The Morgan fingerprint density at radius 1 is 0.918 bits per heavy atom. The van der Waals surface area contributed by atoms with Crippen molar-refractivity contribution in [1.82, 2.24) is 34.0 Å². The number of anilines is 2. The van der Waals surface area contributed by atoms with Gasteiger partial charge >= 0.3 is 6.18 Å². The van der Waals surface area contributed by atoms with Gasteiger partial charge in [-0.2, -0.15) is 22.7 Å². The minimum absolute atomic E-state index is 0.0847. The van der Waals surface area contributed by atoms with Crippen molar-refractivity contribution in [2.75, 3.05) is 49.6 Å². The van der Waals surface area contributed by atoms with Crippen molar-refractivity contribution in [2.24, 2.45) is 0 Å². The molecular weight excluding hydrogens is 796 g/mol. The van der Waals surface area contributed by atoms with Crippen molar-refractivity contribution < 1.29 is 37.0 Å². The van der Waals surface area contributed by atoms with E-state index in [9.17, 15) is 27.6 Å². The number of hydrogen-bond donors (Lipinski definition) is 1. The minimum atomic E-state index is -4.50. The summed E-state index contributed by atoms with van der Waals surface area (Å²) in [6.45, 7) is 5.13. The summed E-state index contributed by atoms with van der Waals surface area (Å²) in [6.07, 6.45) is -2.22. The Morgan fingerprint density at radius 3 is 2.43 bits per heavy atom. The number of para-hydroxylation sites is 1. The van der Waals surface area contributed by atoms with Crippen LogP contribution in [-0.4, -0.2) is 85.2 Å². The molecule has 0 atom stereocenters. The largest absolute Gasteiger partial charge is 0.486 e. The Hall–Kier alpha value is -6.98. The highest BCUT2D eigenvalue weighted by Gasteiger charge is 2.38. The average molecular weight is 836 g/mol. The molecule has 2 amide bonds. The molecule has 15 nitrogen and oxygen atoms in total. The number of rotatable bonds is 10. The Balaban J connectivity index is 1.04. The van der Waals surface area contributed by atoms with E-state index in [1.54, 1.807) is 34.6 Å². The van der Waals surface area contributed by atoms with Crippen molar-refractivity contribution in [3.05, 3.63) is 117 Å². The predicted octanol–water partition coefficient (Wildman–Crippen LogP) is 5.29. The van der Waals surface area contributed by atoms with Crippen LogP contribution in [0.15, 0.2) is 71.8 Å². The van der Waals surface area contributed by atoms with Crippen LogP contribution in [0.2, 0.25) is 0 Å². The fraction of sp³-hybridized carbons (Fsp3) is 0.326. The lowest BCUT2D eigenvalue weighted by Crippen LogP contribution is -2.51. The highest BCUT2D eigenvalue weighted by molar-refractivity contribution is 5.95. The van der Waals surface area contributed by atoms with Crippen LogP contribution < -0.4 is 30.0 Å². The summed E-state index contributed by atoms with van der Waals surface area (Å²) in [4.78, 5) is 59.4. The number of carbonyl (C=O) groups excluding carboxylic acids is 2.